The third-order valence-electron chi connectivity index (χ3n) is 3.92. The highest BCUT2D eigenvalue weighted by atomic mass is 16.5. The van der Waals surface area contributed by atoms with E-state index in [1.54, 1.807) is 36.4 Å². The molecule has 2 aromatic carbocycles. The number of nitrogens with one attached hydrogen (secondary N) is 2. The van der Waals surface area contributed by atoms with E-state index in [-0.39, 0.29) is 11.8 Å². The number of methoxy groups -OCH3 is 3. The number of hydrogen-bond acceptors (Lipinski definition) is 5. The van der Waals surface area contributed by atoms with Crippen LogP contribution in [0.15, 0.2) is 36.4 Å². The summed E-state index contributed by atoms with van der Waals surface area (Å²) in [6.45, 7) is 3.30. The van der Waals surface area contributed by atoms with E-state index in [0.717, 1.165) is 11.1 Å². The lowest BCUT2D eigenvalue weighted by Gasteiger charge is -2.12. The molecule has 0 aliphatic rings. The molecule has 0 aliphatic carbocycles. The monoisotopic (exact) mass is 384 g/mol. The van der Waals surface area contributed by atoms with Gasteiger partial charge < -0.3 is 24.8 Å². The van der Waals surface area contributed by atoms with Crippen LogP contribution in [0.25, 0.3) is 6.08 Å². The first-order valence-corrected chi connectivity index (χ1v) is 8.55. The number of ether oxygens (including phenoxy) is 3. The minimum Gasteiger partial charge on any atom is -0.493 e. The molecule has 2 rings (SSSR count). The molecule has 0 atom stereocenters. The molecule has 148 valence electrons. The van der Waals surface area contributed by atoms with Crippen molar-refractivity contribution in [2.75, 3.05) is 32.0 Å². The predicted molar refractivity (Wildman–Crippen MR) is 109 cm³/mol. The van der Waals surface area contributed by atoms with Crippen LogP contribution in [0.5, 0.6) is 17.2 Å². The lowest BCUT2D eigenvalue weighted by Crippen LogP contribution is -2.10. The molecule has 0 fully saturated rings. The zero-order valence-corrected chi connectivity index (χ0v) is 16.6. The minimum absolute atomic E-state index is 0.145. The van der Waals surface area contributed by atoms with Crippen molar-refractivity contribution in [3.8, 4) is 17.2 Å². The summed E-state index contributed by atoms with van der Waals surface area (Å²) >= 11 is 0. The van der Waals surface area contributed by atoms with Crippen LogP contribution in [0.2, 0.25) is 0 Å². The van der Waals surface area contributed by atoms with Crippen LogP contribution in [-0.4, -0.2) is 33.1 Å². The summed E-state index contributed by atoms with van der Waals surface area (Å²) in [5.41, 5.74) is 2.91. The first-order chi connectivity index (χ1) is 13.4. The Kier molecular flexibility index (Phi) is 7.03. The second-order valence-corrected chi connectivity index (χ2v) is 5.99. The summed E-state index contributed by atoms with van der Waals surface area (Å²) in [6.07, 6.45) is 3.07. The Labute approximate surface area is 164 Å². The van der Waals surface area contributed by atoms with Gasteiger partial charge in [-0.05, 0) is 54.5 Å². The van der Waals surface area contributed by atoms with Gasteiger partial charge in [-0.1, -0.05) is 0 Å². The molecule has 0 spiro atoms. The summed E-state index contributed by atoms with van der Waals surface area (Å²) in [6, 6.07) is 8.75. The topological polar surface area (TPSA) is 85.9 Å². The summed E-state index contributed by atoms with van der Waals surface area (Å²) in [4.78, 5) is 23.4. The third-order valence-corrected chi connectivity index (χ3v) is 3.92. The second kappa shape index (κ2) is 9.45. The first kappa shape index (κ1) is 20.8. The minimum atomic E-state index is -0.291. The quantitative estimate of drug-likeness (QED) is 0.712. The van der Waals surface area contributed by atoms with Gasteiger partial charge in [-0.25, -0.2) is 0 Å². The van der Waals surface area contributed by atoms with Gasteiger partial charge >= 0.3 is 0 Å². The number of anilines is 2. The van der Waals surface area contributed by atoms with E-state index in [4.69, 9.17) is 14.2 Å². The smallest absolute Gasteiger partial charge is 0.248 e. The number of carbonyl (C=O) groups excluding carboxylic acids is 2. The Hall–Kier alpha value is -3.48. The number of carbonyl (C=O) groups is 2. The summed E-state index contributed by atoms with van der Waals surface area (Å²) in [7, 11) is 4.59. The summed E-state index contributed by atoms with van der Waals surface area (Å²) in [5.74, 6) is 1.06. The molecule has 0 unspecified atom stereocenters. The maximum atomic E-state index is 12.2. The van der Waals surface area contributed by atoms with Crippen molar-refractivity contribution >= 4 is 29.3 Å². The van der Waals surface area contributed by atoms with E-state index in [1.807, 2.05) is 6.92 Å². The molecular weight excluding hydrogens is 360 g/mol. The lowest BCUT2D eigenvalue weighted by molar-refractivity contribution is -0.114. The van der Waals surface area contributed by atoms with Gasteiger partial charge in [0, 0.05) is 24.4 Å². The zero-order valence-electron chi connectivity index (χ0n) is 16.6. The average molecular weight is 384 g/mol. The normalized spacial score (nSPS) is 10.5. The molecule has 0 heterocycles. The Balaban J connectivity index is 2.14. The maximum Gasteiger partial charge on any atom is 0.248 e. The molecule has 7 nitrogen and oxygen atoms in total. The lowest BCUT2D eigenvalue weighted by atomic mass is 10.1. The Morgan fingerprint density at radius 1 is 0.929 bits per heavy atom. The highest BCUT2D eigenvalue weighted by molar-refractivity contribution is 6.02. The highest BCUT2D eigenvalue weighted by Gasteiger charge is 2.12. The van der Waals surface area contributed by atoms with Gasteiger partial charge in [-0.15, -0.1) is 0 Å². The van der Waals surface area contributed by atoms with Crippen molar-refractivity contribution in [3.05, 3.63) is 47.5 Å². The second-order valence-electron chi connectivity index (χ2n) is 5.99. The van der Waals surface area contributed by atoms with Crippen LogP contribution in [0.1, 0.15) is 18.1 Å². The van der Waals surface area contributed by atoms with Gasteiger partial charge in [0.1, 0.15) is 0 Å². The van der Waals surface area contributed by atoms with Gasteiger partial charge in [-0.3, -0.25) is 9.59 Å². The fourth-order valence-electron chi connectivity index (χ4n) is 2.62. The number of amides is 2. The van der Waals surface area contributed by atoms with Gasteiger partial charge in [0.25, 0.3) is 0 Å². The van der Waals surface area contributed by atoms with E-state index in [0.29, 0.717) is 28.6 Å². The molecule has 0 aliphatic heterocycles. The van der Waals surface area contributed by atoms with Crippen molar-refractivity contribution in [1.29, 1.82) is 0 Å². The van der Waals surface area contributed by atoms with E-state index < -0.39 is 0 Å². The largest absolute Gasteiger partial charge is 0.493 e. The summed E-state index contributed by atoms with van der Waals surface area (Å²) in [5, 5.41) is 5.52. The standard InChI is InChI=1S/C21H24N2O5/c1-13-10-16(7-8-17(13)22-14(2)24)23-20(25)9-6-15-11-18(26-3)21(28-5)19(12-15)27-4/h6-12H,1-5H3,(H,22,24)(H,23,25). The van der Waals surface area contributed by atoms with Crippen LogP contribution in [0.3, 0.4) is 0 Å². The fourth-order valence-corrected chi connectivity index (χ4v) is 2.62. The first-order valence-electron chi connectivity index (χ1n) is 8.55. The van der Waals surface area contributed by atoms with E-state index >= 15 is 0 Å². The van der Waals surface area contributed by atoms with Crippen LogP contribution in [0, 0.1) is 6.92 Å². The van der Waals surface area contributed by atoms with E-state index in [1.165, 1.54) is 34.3 Å². The third kappa shape index (κ3) is 5.26. The van der Waals surface area contributed by atoms with Gasteiger partial charge in [0.2, 0.25) is 17.6 Å². The van der Waals surface area contributed by atoms with Gasteiger partial charge in [0.05, 0.1) is 21.3 Å². The van der Waals surface area contributed by atoms with Crippen molar-refractivity contribution in [3.63, 3.8) is 0 Å². The number of hydrogen-bond donors (Lipinski definition) is 2. The molecule has 0 saturated heterocycles. The molecule has 7 heteroatoms. The van der Waals surface area contributed by atoms with Crippen molar-refractivity contribution in [1.82, 2.24) is 0 Å². The maximum absolute atomic E-state index is 12.2. The van der Waals surface area contributed by atoms with Crippen molar-refractivity contribution in [2.45, 2.75) is 13.8 Å². The number of aryl methyl sites for hydroxylation is 1. The van der Waals surface area contributed by atoms with Crippen molar-refractivity contribution in [2.24, 2.45) is 0 Å². The molecule has 28 heavy (non-hydrogen) atoms. The molecule has 0 bridgehead atoms. The number of rotatable bonds is 7. The van der Waals surface area contributed by atoms with Gasteiger partial charge in [0.15, 0.2) is 11.5 Å². The van der Waals surface area contributed by atoms with Crippen LogP contribution in [0.4, 0.5) is 11.4 Å². The van der Waals surface area contributed by atoms with E-state index in [9.17, 15) is 9.59 Å². The fraction of sp³-hybridized carbons (Fsp3) is 0.238. The molecule has 2 aromatic rings. The molecule has 2 N–H and O–H groups in total. The van der Waals surface area contributed by atoms with Crippen molar-refractivity contribution < 1.29 is 23.8 Å². The number of benzene rings is 2. The summed E-state index contributed by atoms with van der Waals surface area (Å²) < 4.78 is 15.9. The van der Waals surface area contributed by atoms with Crippen LogP contribution < -0.4 is 24.8 Å². The Morgan fingerprint density at radius 3 is 2.07 bits per heavy atom. The zero-order chi connectivity index (χ0) is 20.7. The molecule has 2 amide bonds. The van der Waals surface area contributed by atoms with Gasteiger partial charge in [-0.2, -0.15) is 0 Å². The average Bonchev–Trinajstić information content (AvgIpc) is 2.67. The van der Waals surface area contributed by atoms with Crippen LogP contribution >= 0.6 is 0 Å². The SMILES string of the molecule is COc1cc(C=CC(=O)Nc2ccc(NC(C)=O)c(C)c2)cc(OC)c1OC. The molecule has 0 radical (unpaired) electrons. The Morgan fingerprint density at radius 2 is 1.57 bits per heavy atom. The predicted octanol–water partition coefficient (Wildman–Crippen LogP) is 3.63. The molecule has 0 saturated carbocycles. The molecular formula is C21H24N2O5. The van der Waals surface area contributed by atoms with E-state index in [2.05, 4.69) is 10.6 Å². The Bertz CT molecular complexity index is 881. The molecule has 0 aromatic heterocycles. The highest BCUT2D eigenvalue weighted by Crippen LogP contribution is 2.38. The van der Waals surface area contributed by atoms with Crippen LogP contribution in [-0.2, 0) is 9.59 Å².